The van der Waals surface area contributed by atoms with Gasteiger partial charge in [0.1, 0.15) is 5.75 Å². The first-order valence-corrected chi connectivity index (χ1v) is 11.5. The van der Waals surface area contributed by atoms with Crippen molar-refractivity contribution in [2.75, 3.05) is 7.05 Å². The van der Waals surface area contributed by atoms with Gasteiger partial charge in [-0.25, -0.2) is 0 Å². The summed E-state index contributed by atoms with van der Waals surface area (Å²) in [6.07, 6.45) is -1.70. The largest absolute Gasteiger partial charge is 0.573 e. The van der Waals surface area contributed by atoms with Crippen LogP contribution in [0.2, 0.25) is 0 Å². The number of nitrogens with zero attached hydrogens (tertiary/aromatic N) is 1. The van der Waals surface area contributed by atoms with E-state index in [4.69, 9.17) is 0 Å². The molecule has 0 spiro atoms. The van der Waals surface area contributed by atoms with Crippen LogP contribution in [-0.4, -0.2) is 30.3 Å². The van der Waals surface area contributed by atoms with Crippen molar-refractivity contribution >= 4 is 34.7 Å². The van der Waals surface area contributed by atoms with Gasteiger partial charge >= 0.3 is 6.36 Å². The van der Waals surface area contributed by atoms with Crippen LogP contribution in [0.25, 0.3) is 17.2 Å². The molecule has 178 valence electrons. The first kappa shape index (κ1) is 24.1. The maximum Gasteiger partial charge on any atom is 0.573 e. The molecule has 1 saturated heterocycles. The zero-order valence-electron chi connectivity index (χ0n) is 19.1. The molecule has 0 bridgehead atoms. The number of carbonyl (C=O) groups is 2. The number of imide groups is 1. The quantitative estimate of drug-likeness (QED) is 0.510. The van der Waals surface area contributed by atoms with Crippen molar-refractivity contribution in [3.8, 4) is 16.9 Å². The molecular formula is C25H23F3N2O3S. The van der Waals surface area contributed by atoms with E-state index in [9.17, 15) is 22.8 Å². The Labute approximate surface area is 199 Å². The number of amides is 2. The molecule has 2 aliphatic rings. The molecular weight excluding hydrogens is 465 g/mol. The highest BCUT2D eigenvalue weighted by molar-refractivity contribution is 8.18. The molecule has 0 saturated carbocycles. The number of aryl methyl sites for hydroxylation is 1. The average Bonchev–Trinajstić information content (AvgIpc) is 3.05. The molecule has 0 unspecified atom stereocenters. The van der Waals surface area contributed by atoms with Crippen molar-refractivity contribution in [3.63, 3.8) is 0 Å². The fourth-order valence-electron chi connectivity index (χ4n) is 4.36. The van der Waals surface area contributed by atoms with Gasteiger partial charge < -0.3 is 4.74 Å². The lowest BCUT2D eigenvalue weighted by atomic mass is 9.70. The number of carbonyl (C=O) groups excluding carboxylic acids is 2. The van der Waals surface area contributed by atoms with Crippen molar-refractivity contribution in [1.82, 2.24) is 5.32 Å². The van der Waals surface area contributed by atoms with E-state index in [2.05, 4.69) is 28.9 Å². The Bertz CT molecular complexity index is 1260. The third kappa shape index (κ3) is 4.75. The molecule has 1 aliphatic heterocycles. The number of hydrogen-bond donors (Lipinski definition) is 1. The molecule has 0 aromatic heterocycles. The Morgan fingerprint density at radius 3 is 2.47 bits per heavy atom. The summed E-state index contributed by atoms with van der Waals surface area (Å²) in [5.74, 6) is -0.884. The highest BCUT2D eigenvalue weighted by Gasteiger charge is 2.34. The molecule has 5 nitrogen and oxygen atoms in total. The molecule has 2 aromatic carbocycles. The van der Waals surface area contributed by atoms with Gasteiger partial charge in [0.05, 0.1) is 4.91 Å². The van der Waals surface area contributed by atoms with Gasteiger partial charge in [-0.2, -0.15) is 0 Å². The van der Waals surface area contributed by atoms with E-state index in [0.29, 0.717) is 11.1 Å². The van der Waals surface area contributed by atoms with Crippen molar-refractivity contribution in [3.05, 3.63) is 57.5 Å². The molecule has 1 N–H and O–H groups in total. The predicted molar refractivity (Wildman–Crippen MR) is 127 cm³/mol. The molecule has 4 rings (SSSR count). The molecule has 1 fully saturated rings. The predicted octanol–water partition coefficient (Wildman–Crippen LogP) is 6.37. The fourth-order valence-corrected chi connectivity index (χ4v) is 5.05. The van der Waals surface area contributed by atoms with Gasteiger partial charge in [-0.1, -0.05) is 26.0 Å². The van der Waals surface area contributed by atoms with Crippen molar-refractivity contribution in [1.29, 1.82) is 0 Å². The normalized spacial score (nSPS) is 20.0. The van der Waals surface area contributed by atoms with Gasteiger partial charge in [0.2, 0.25) is 0 Å². The first-order valence-electron chi connectivity index (χ1n) is 10.6. The smallest absolute Gasteiger partial charge is 0.405 e. The lowest BCUT2D eigenvalue weighted by Gasteiger charge is -2.34. The third-order valence-electron chi connectivity index (χ3n) is 6.12. The van der Waals surface area contributed by atoms with Crippen molar-refractivity contribution < 1.29 is 27.5 Å². The Kier molecular flexibility index (Phi) is 6.10. The van der Waals surface area contributed by atoms with Crippen molar-refractivity contribution in [2.24, 2.45) is 4.99 Å². The van der Waals surface area contributed by atoms with E-state index in [1.165, 1.54) is 24.3 Å². The van der Waals surface area contributed by atoms with E-state index in [0.717, 1.165) is 47.0 Å². The maximum absolute atomic E-state index is 13.2. The summed E-state index contributed by atoms with van der Waals surface area (Å²) < 4.78 is 44.0. The monoisotopic (exact) mass is 488 g/mol. The number of benzene rings is 2. The summed E-state index contributed by atoms with van der Waals surface area (Å²) >= 11 is 0.744. The first-order chi connectivity index (χ1) is 15.9. The SMILES string of the molecule is CN=C1CCC(C)(C)c2cc(C)c(-c3cc(/C=C4\SC(=O)NC4=O)ccc3OC(F)(F)F)cc21. The molecule has 2 aromatic rings. The minimum Gasteiger partial charge on any atom is -0.405 e. The Hall–Kier alpha value is -3.07. The number of rotatable bonds is 3. The summed E-state index contributed by atoms with van der Waals surface area (Å²) in [6.45, 7) is 6.15. The van der Waals surface area contributed by atoms with Gasteiger partial charge in [0, 0.05) is 18.3 Å². The molecule has 2 amide bonds. The lowest BCUT2D eigenvalue weighted by Crippen LogP contribution is -2.28. The Balaban J connectivity index is 1.91. The van der Waals surface area contributed by atoms with Crippen molar-refractivity contribution in [2.45, 2.75) is 45.4 Å². The molecule has 0 radical (unpaired) electrons. The van der Waals surface area contributed by atoms with E-state index in [1.54, 1.807) is 7.05 Å². The standard InChI is InChI=1S/C25H23F3N2O3S/c1-13-9-18-17(19(29-4)7-8-24(18,2)3)12-15(13)16-10-14(5-6-20(16)33-25(26,27)28)11-21-22(31)30-23(32)34-21/h5-6,9-12H,7-8H2,1-4H3,(H,30,31,32)/b21-11-,29-19?. The number of fused-ring (bicyclic) bond motifs is 1. The maximum atomic E-state index is 13.2. The Morgan fingerprint density at radius 1 is 1.12 bits per heavy atom. The van der Waals surface area contributed by atoms with Crippen LogP contribution in [0.5, 0.6) is 5.75 Å². The number of nitrogens with one attached hydrogen (secondary N) is 1. The number of hydrogen-bond acceptors (Lipinski definition) is 5. The second-order valence-electron chi connectivity index (χ2n) is 8.92. The zero-order chi connectivity index (χ0) is 24.8. The van der Waals surface area contributed by atoms with Crippen LogP contribution in [0.15, 0.2) is 40.2 Å². The number of ether oxygens (including phenoxy) is 1. The van der Waals surface area contributed by atoms with Gasteiger partial charge in [0.15, 0.2) is 0 Å². The lowest BCUT2D eigenvalue weighted by molar-refractivity contribution is -0.274. The van der Waals surface area contributed by atoms with Crippen LogP contribution < -0.4 is 10.1 Å². The third-order valence-corrected chi connectivity index (χ3v) is 6.93. The fraction of sp³-hybridized carbons (Fsp3) is 0.320. The van der Waals surface area contributed by atoms with E-state index in [1.807, 2.05) is 19.1 Å². The number of thioether (sulfide) groups is 1. The topological polar surface area (TPSA) is 67.8 Å². The molecule has 1 aliphatic carbocycles. The highest BCUT2D eigenvalue weighted by Crippen LogP contribution is 2.43. The summed E-state index contributed by atoms with van der Waals surface area (Å²) in [7, 11) is 1.72. The second-order valence-corrected chi connectivity index (χ2v) is 9.94. The van der Waals surface area contributed by atoms with Crippen LogP contribution in [0, 0.1) is 6.92 Å². The number of alkyl halides is 3. The summed E-state index contributed by atoms with van der Waals surface area (Å²) in [5, 5.41) is 1.68. The van der Waals surface area contributed by atoms with Gasteiger partial charge in [0.25, 0.3) is 11.1 Å². The van der Waals surface area contributed by atoms with E-state index in [-0.39, 0.29) is 21.6 Å². The van der Waals surface area contributed by atoms with Gasteiger partial charge in [-0.15, -0.1) is 13.2 Å². The molecule has 0 atom stereocenters. The number of aliphatic imine (C=N–C) groups is 1. The second kappa shape index (κ2) is 8.61. The van der Waals surface area contributed by atoms with Gasteiger partial charge in [-0.3, -0.25) is 19.9 Å². The summed E-state index contributed by atoms with van der Waals surface area (Å²) in [6, 6.07) is 8.08. The average molecular weight is 489 g/mol. The van der Waals surface area contributed by atoms with Crippen LogP contribution >= 0.6 is 11.8 Å². The zero-order valence-corrected chi connectivity index (χ0v) is 19.9. The van der Waals surface area contributed by atoms with Crippen LogP contribution in [0.1, 0.15) is 48.9 Å². The summed E-state index contributed by atoms with van der Waals surface area (Å²) in [5.41, 5.74) is 4.92. The van der Waals surface area contributed by atoms with Crippen LogP contribution in [0.3, 0.4) is 0 Å². The van der Waals surface area contributed by atoms with Crippen LogP contribution in [-0.2, 0) is 10.2 Å². The highest BCUT2D eigenvalue weighted by atomic mass is 32.2. The molecule has 1 heterocycles. The van der Waals surface area contributed by atoms with Crippen LogP contribution in [0.4, 0.5) is 18.0 Å². The van der Waals surface area contributed by atoms with Gasteiger partial charge in [-0.05, 0) is 89.0 Å². The minimum atomic E-state index is -4.87. The van der Waals surface area contributed by atoms with E-state index < -0.39 is 17.5 Å². The molecule has 34 heavy (non-hydrogen) atoms. The van der Waals surface area contributed by atoms with E-state index >= 15 is 0 Å². The molecule has 9 heteroatoms. The number of halogens is 3. The Morgan fingerprint density at radius 2 is 1.85 bits per heavy atom. The summed E-state index contributed by atoms with van der Waals surface area (Å²) in [4.78, 5) is 28.0. The minimum absolute atomic E-state index is 0.0933.